The van der Waals surface area contributed by atoms with Crippen LogP contribution in [0.5, 0.6) is 0 Å². The van der Waals surface area contributed by atoms with Gasteiger partial charge in [-0.2, -0.15) is 0 Å². The van der Waals surface area contributed by atoms with Crippen molar-refractivity contribution < 1.29 is 0 Å². The molecule has 5 heteroatoms. The molecule has 1 aliphatic rings. The van der Waals surface area contributed by atoms with Gasteiger partial charge in [-0.05, 0) is 13.3 Å². The molecule has 1 atom stereocenters. The molecule has 1 aromatic heterocycles. The normalized spacial score (nSPS) is 24.7. The van der Waals surface area contributed by atoms with Crippen molar-refractivity contribution in [2.24, 2.45) is 5.92 Å². The molecule has 0 bridgehead atoms. The SMILES string of the molecule is Cc1csc(SCC2CC2(Cl)Cl)n1. The summed E-state index contributed by atoms with van der Waals surface area (Å²) in [5.41, 5.74) is 1.09. The van der Waals surface area contributed by atoms with Crippen LogP contribution in [0.4, 0.5) is 0 Å². The standard InChI is InChI=1S/C8H9Cl2NS2/c1-5-3-12-7(11-5)13-4-6-2-8(6,9)10/h3,6H,2,4H2,1H3. The molecule has 72 valence electrons. The van der Waals surface area contributed by atoms with Crippen LogP contribution < -0.4 is 0 Å². The van der Waals surface area contributed by atoms with Gasteiger partial charge in [-0.3, -0.25) is 0 Å². The summed E-state index contributed by atoms with van der Waals surface area (Å²) in [4.78, 5) is 4.35. The van der Waals surface area contributed by atoms with Gasteiger partial charge in [0.25, 0.3) is 0 Å². The Morgan fingerprint density at radius 3 is 2.92 bits per heavy atom. The summed E-state index contributed by atoms with van der Waals surface area (Å²) in [6.07, 6.45) is 0.924. The van der Waals surface area contributed by atoms with E-state index in [0.29, 0.717) is 5.92 Å². The number of aryl methyl sites for hydroxylation is 1. The average Bonchev–Trinajstić information content (AvgIpc) is 2.45. The number of alkyl halides is 2. The molecule has 0 saturated heterocycles. The number of hydrogen-bond acceptors (Lipinski definition) is 3. The Bertz CT molecular complexity index is 311. The van der Waals surface area contributed by atoms with Crippen LogP contribution in [0.15, 0.2) is 9.72 Å². The minimum absolute atomic E-state index is 0.445. The van der Waals surface area contributed by atoms with Crippen LogP contribution in [0, 0.1) is 12.8 Å². The number of rotatable bonds is 3. The third kappa shape index (κ3) is 2.52. The van der Waals surface area contributed by atoms with E-state index in [1.807, 2.05) is 6.92 Å². The Balaban J connectivity index is 1.81. The van der Waals surface area contributed by atoms with Gasteiger partial charge in [0.05, 0.1) is 0 Å². The van der Waals surface area contributed by atoms with E-state index < -0.39 is 4.33 Å². The molecule has 0 aromatic carbocycles. The smallest absolute Gasteiger partial charge is 0.150 e. The highest BCUT2D eigenvalue weighted by atomic mass is 35.5. The molecule has 2 rings (SSSR count). The lowest BCUT2D eigenvalue weighted by Gasteiger charge is -1.96. The van der Waals surface area contributed by atoms with Crippen LogP contribution in [0.1, 0.15) is 12.1 Å². The third-order valence-corrected chi connectivity index (χ3v) is 5.19. The van der Waals surface area contributed by atoms with E-state index in [4.69, 9.17) is 23.2 Å². The monoisotopic (exact) mass is 253 g/mol. The number of hydrogen-bond donors (Lipinski definition) is 0. The highest BCUT2D eigenvalue weighted by molar-refractivity contribution is 8.01. The van der Waals surface area contributed by atoms with Crippen molar-refractivity contribution in [3.05, 3.63) is 11.1 Å². The highest BCUT2D eigenvalue weighted by Crippen LogP contribution is 2.54. The molecule has 1 unspecified atom stereocenters. The quantitative estimate of drug-likeness (QED) is 0.602. The molecule has 0 aliphatic heterocycles. The van der Waals surface area contributed by atoms with Gasteiger partial charge in [-0.1, -0.05) is 11.8 Å². The number of thioether (sulfide) groups is 1. The van der Waals surface area contributed by atoms with Crippen molar-refractivity contribution in [3.8, 4) is 0 Å². The molecule has 1 aromatic rings. The maximum Gasteiger partial charge on any atom is 0.150 e. The molecule has 1 fully saturated rings. The van der Waals surface area contributed by atoms with Crippen molar-refractivity contribution in [2.75, 3.05) is 5.75 Å². The van der Waals surface area contributed by atoms with Crippen molar-refractivity contribution in [2.45, 2.75) is 22.0 Å². The molecule has 0 radical (unpaired) electrons. The second-order valence-electron chi connectivity index (χ2n) is 3.23. The zero-order valence-corrected chi connectivity index (χ0v) is 10.2. The average molecular weight is 254 g/mol. The first-order chi connectivity index (χ1) is 6.08. The number of halogens is 2. The first-order valence-electron chi connectivity index (χ1n) is 4.01. The Morgan fingerprint density at radius 2 is 2.46 bits per heavy atom. The summed E-state index contributed by atoms with van der Waals surface area (Å²) in [5, 5.41) is 2.06. The zero-order valence-electron chi connectivity index (χ0n) is 7.09. The molecule has 1 nitrogen and oxygen atoms in total. The van der Waals surface area contributed by atoms with E-state index in [0.717, 1.165) is 22.2 Å². The lowest BCUT2D eigenvalue weighted by molar-refractivity contribution is 0.977. The summed E-state index contributed by atoms with van der Waals surface area (Å²) in [6.45, 7) is 2.01. The van der Waals surface area contributed by atoms with Crippen molar-refractivity contribution >= 4 is 46.3 Å². The first kappa shape index (κ1) is 10.1. The third-order valence-electron chi connectivity index (χ3n) is 1.96. The fourth-order valence-corrected chi connectivity index (χ4v) is 3.83. The molecule has 1 aliphatic carbocycles. The Morgan fingerprint density at radius 1 is 1.77 bits per heavy atom. The van der Waals surface area contributed by atoms with Gasteiger partial charge in [-0.15, -0.1) is 34.5 Å². The summed E-state index contributed by atoms with van der Waals surface area (Å²) >= 11 is 15.3. The van der Waals surface area contributed by atoms with E-state index in [-0.39, 0.29) is 0 Å². The predicted molar refractivity (Wildman–Crippen MR) is 60.1 cm³/mol. The minimum Gasteiger partial charge on any atom is -0.235 e. The van der Waals surface area contributed by atoms with Gasteiger partial charge < -0.3 is 0 Å². The van der Waals surface area contributed by atoms with Gasteiger partial charge in [0.1, 0.15) is 8.67 Å². The fourth-order valence-electron chi connectivity index (χ4n) is 1.02. The largest absolute Gasteiger partial charge is 0.235 e. The lowest BCUT2D eigenvalue weighted by Crippen LogP contribution is -1.92. The molecule has 1 saturated carbocycles. The zero-order chi connectivity index (χ0) is 9.47. The minimum atomic E-state index is -0.445. The van der Waals surface area contributed by atoms with E-state index in [2.05, 4.69) is 10.4 Å². The molecule has 0 amide bonds. The Hall–Kier alpha value is 0.560. The van der Waals surface area contributed by atoms with Gasteiger partial charge >= 0.3 is 0 Å². The highest BCUT2D eigenvalue weighted by Gasteiger charge is 2.51. The second-order valence-corrected chi connectivity index (χ2v) is 6.90. The number of aromatic nitrogens is 1. The summed E-state index contributed by atoms with van der Waals surface area (Å²) < 4.78 is 0.674. The molecule has 13 heavy (non-hydrogen) atoms. The topological polar surface area (TPSA) is 12.9 Å². The van der Waals surface area contributed by atoms with Crippen LogP contribution in [0.25, 0.3) is 0 Å². The van der Waals surface area contributed by atoms with Gasteiger partial charge in [0, 0.05) is 22.7 Å². The Kier molecular flexibility index (Phi) is 2.80. The molecular formula is C8H9Cl2NS2. The second kappa shape index (κ2) is 3.61. The van der Waals surface area contributed by atoms with Crippen LogP contribution in [-0.2, 0) is 0 Å². The van der Waals surface area contributed by atoms with Crippen LogP contribution in [0.3, 0.4) is 0 Å². The lowest BCUT2D eigenvalue weighted by atomic mass is 10.5. The van der Waals surface area contributed by atoms with E-state index in [9.17, 15) is 0 Å². The first-order valence-corrected chi connectivity index (χ1v) is 6.63. The van der Waals surface area contributed by atoms with Crippen molar-refractivity contribution in [1.29, 1.82) is 0 Å². The van der Waals surface area contributed by atoms with Crippen molar-refractivity contribution in [3.63, 3.8) is 0 Å². The molecular weight excluding hydrogens is 245 g/mol. The molecule has 0 N–H and O–H groups in total. The number of thiazole rings is 1. The number of nitrogens with zero attached hydrogens (tertiary/aromatic N) is 1. The van der Waals surface area contributed by atoms with Gasteiger partial charge in [0.15, 0.2) is 0 Å². The fraction of sp³-hybridized carbons (Fsp3) is 0.625. The molecule has 1 heterocycles. The summed E-state index contributed by atoms with van der Waals surface area (Å²) in [6, 6.07) is 0. The molecule has 0 spiro atoms. The van der Waals surface area contributed by atoms with E-state index >= 15 is 0 Å². The van der Waals surface area contributed by atoms with Crippen LogP contribution >= 0.6 is 46.3 Å². The van der Waals surface area contributed by atoms with Gasteiger partial charge in [-0.25, -0.2) is 4.98 Å². The van der Waals surface area contributed by atoms with Gasteiger partial charge in [0.2, 0.25) is 0 Å². The summed E-state index contributed by atoms with van der Waals surface area (Å²) in [7, 11) is 0. The maximum absolute atomic E-state index is 5.91. The maximum atomic E-state index is 5.91. The van der Waals surface area contributed by atoms with Crippen molar-refractivity contribution in [1.82, 2.24) is 4.98 Å². The summed E-state index contributed by atoms with van der Waals surface area (Å²) in [5.74, 6) is 1.44. The van der Waals surface area contributed by atoms with Crippen LogP contribution in [0.2, 0.25) is 0 Å². The van der Waals surface area contributed by atoms with E-state index in [1.54, 1.807) is 23.1 Å². The van der Waals surface area contributed by atoms with Crippen LogP contribution in [-0.4, -0.2) is 15.1 Å². The predicted octanol–water partition coefficient (Wildman–Crippen LogP) is 3.74. The van der Waals surface area contributed by atoms with E-state index in [1.165, 1.54) is 0 Å². The Labute approximate surface area is 95.8 Å².